The monoisotopic (exact) mass is 643 g/mol. The lowest BCUT2D eigenvalue weighted by atomic mass is 9.91. The van der Waals surface area contributed by atoms with Crippen LogP contribution in [0.3, 0.4) is 0 Å². The molecule has 3 heterocycles. The molecule has 1 fully saturated rings. The molecular formula is C29H25Cl2F2N7O4. The Morgan fingerprint density at radius 1 is 1.11 bits per heavy atom. The number of rotatable bonds is 8. The van der Waals surface area contributed by atoms with Crippen molar-refractivity contribution in [1.29, 1.82) is 5.26 Å². The van der Waals surface area contributed by atoms with E-state index in [1.165, 1.54) is 40.9 Å². The van der Waals surface area contributed by atoms with E-state index in [1.54, 1.807) is 31.2 Å². The number of hydrogen-bond donors (Lipinski definition) is 2. The summed E-state index contributed by atoms with van der Waals surface area (Å²) in [4.78, 5) is 59.7. The van der Waals surface area contributed by atoms with Gasteiger partial charge in [0.05, 0.1) is 43.0 Å². The van der Waals surface area contributed by atoms with Gasteiger partial charge in [0.15, 0.2) is 0 Å². The van der Waals surface area contributed by atoms with E-state index >= 15 is 0 Å². The van der Waals surface area contributed by atoms with Gasteiger partial charge < -0.3 is 15.5 Å². The van der Waals surface area contributed by atoms with E-state index in [0.29, 0.717) is 16.8 Å². The van der Waals surface area contributed by atoms with E-state index in [2.05, 4.69) is 15.6 Å². The van der Waals surface area contributed by atoms with E-state index < -0.39 is 60.6 Å². The number of aromatic nitrogens is 2. The molecule has 2 N–H and O–H groups in total. The van der Waals surface area contributed by atoms with Crippen LogP contribution in [0.1, 0.15) is 35.0 Å². The van der Waals surface area contributed by atoms with E-state index in [9.17, 15) is 33.2 Å². The third-order valence-corrected chi connectivity index (χ3v) is 7.93. The lowest BCUT2D eigenvalue weighted by Crippen LogP contribution is -2.63. The van der Waals surface area contributed by atoms with Crippen LogP contribution < -0.4 is 15.5 Å². The van der Waals surface area contributed by atoms with Gasteiger partial charge in [-0.2, -0.15) is 5.26 Å². The standard InChI is InChI=1S/C29H25Cl2F2N7O4/c1-28(11-16-3-5-17(12-34)6-4-16)26(44)39(20-8-18(30)7-19(31)9-20)27-36-13-22(40(27)28)24(42)37-21(10-23(41)35-2)25(43)38-14-29(32,33)15-38/h3-9,13,21H,10-11,14-15H2,1-2H3,(H,35,41)(H,37,42)/t21-,28-/m1/s1. The molecule has 1 saturated heterocycles. The molecule has 0 aliphatic carbocycles. The molecule has 4 amide bonds. The molecule has 3 aromatic rings. The number of anilines is 2. The molecule has 2 aliphatic heterocycles. The number of hydrogen-bond acceptors (Lipinski definition) is 6. The Kier molecular flexibility index (Phi) is 8.09. The predicted molar refractivity (Wildman–Crippen MR) is 156 cm³/mol. The third-order valence-electron chi connectivity index (χ3n) is 7.50. The maximum atomic E-state index is 14.2. The Balaban J connectivity index is 1.55. The second-order valence-electron chi connectivity index (χ2n) is 10.8. The molecule has 5 rings (SSSR count). The van der Waals surface area contributed by atoms with Crippen LogP contribution in [0.5, 0.6) is 0 Å². The molecule has 2 aromatic carbocycles. The quantitative estimate of drug-likeness (QED) is 0.385. The molecule has 228 valence electrons. The first-order valence-corrected chi connectivity index (χ1v) is 14.1. The highest BCUT2D eigenvalue weighted by atomic mass is 35.5. The summed E-state index contributed by atoms with van der Waals surface area (Å²) in [7, 11) is 1.34. The van der Waals surface area contributed by atoms with E-state index in [-0.39, 0.29) is 28.1 Å². The Morgan fingerprint density at radius 3 is 2.32 bits per heavy atom. The van der Waals surface area contributed by atoms with E-state index in [4.69, 9.17) is 23.2 Å². The highest BCUT2D eigenvalue weighted by Gasteiger charge is 2.52. The molecule has 0 unspecified atom stereocenters. The zero-order valence-corrected chi connectivity index (χ0v) is 24.9. The van der Waals surface area contributed by atoms with E-state index in [1.807, 2.05) is 6.07 Å². The largest absolute Gasteiger partial charge is 0.359 e. The third kappa shape index (κ3) is 5.70. The topological polar surface area (TPSA) is 140 Å². The first-order chi connectivity index (χ1) is 20.8. The van der Waals surface area contributed by atoms with Crippen molar-refractivity contribution < 1.29 is 28.0 Å². The SMILES string of the molecule is CNC(=O)C[C@@H](NC(=O)c1cnc2n1[C@](C)(Cc1ccc(C#N)cc1)C(=O)N2c1cc(Cl)cc(Cl)c1)C(=O)N1CC(F)(F)C1. The average molecular weight is 644 g/mol. The molecular weight excluding hydrogens is 619 g/mol. The lowest BCUT2D eigenvalue weighted by molar-refractivity contribution is -0.167. The number of halogens is 4. The fourth-order valence-corrected chi connectivity index (χ4v) is 5.85. The number of nitrogens with one attached hydrogen (secondary N) is 2. The van der Waals surface area contributed by atoms with Gasteiger partial charge in [-0.05, 0) is 42.8 Å². The minimum absolute atomic E-state index is 0.0613. The van der Waals surface area contributed by atoms with Crippen molar-refractivity contribution in [3.05, 3.63) is 75.5 Å². The van der Waals surface area contributed by atoms with Gasteiger partial charge in [0.1, 0.15) is 17.3 Å². The molecule has 44 heavy (non-hydrogen) atoms. The maximum absolute atomic E-state index is 14.2. The summed E-state index contributed by atoms with van der Waals surface area (Å²) in [6, 6.07) is 11.7. The highest BCUT2D eigenvalue weighted by molar-refractivity contribution is 6.35. The first-order valence-electron chi connectivity index (χ1n) is 13.3. The van der Waals surface area contributed by atoms with Crippen LogP contribution in [0.25, 0.3) is 0 Å². The van der Waals surface area contributed by atoms with Crippen LogP contribution in [0.15, 0.2) is 48.7 Å². The van der Waals surface area contributed by atoms with Gasteiger partial charge >= 0.3 is 0 Å². The van der Waals surface area contributed by atoms with Crippen molar-refractivity contribution in [3.63, 3.8) is 0 Å². The minimum Gasteiger partial charge on any atom is -0.359 e. The van der Waals surface area contributed by atoms with Crippen molar-refractivity contribution in [1.82, 2.24) is 25.1 Å². The number of amides is 4. The summed E-state index contributed by atoms with van der Waals surface area (Å²) in [5, 5.41) is 14.6. The average Bonchev–Trinajstić information content (AvgIpc) is 3.48. The number of carbonyl (C=O) groups excluding carboxylic acids is 4. The molecule has 0 radical (unpaired) electrons. The van der Waals surface area contributed by atoms with Gasteiger partial charge in [-0.15, -0.1) is 0 Å². The van der Waals surface area contributed by atoms with Gasteiger partial charge in [-0.3, -0.25) is 23.7 Å². The zero-order chi connectivity index (χ0) is 32.0. The van der Waals surface area contributed by atoms with Crippen LogP contribution in [0.2, 0.25) is 10.0 Å². The number of likely N-dealkylation sites (tertiary alicyclic amines) is 1. The molecule has 0 spiro atoms. The summed E-state index contributed by atoms with van der Waals surface area (Å²) < 4.78 is 28.4. The number of nitrogens with zero attached hydrogens (tertiary/aromatic N) is 5. The van der Waals surface area contributed by atoms with Crippen LogP contribution in [0.4, 0.5) is 20.4 Å². The summed E-state index contributed by atoms with van der Waals surface area (Å²) in [5.41, 5.74) is -0.198. The van der Waals surface area contributed by atoms with Gasteiger partial charge in [0.2, 0.25) is 17.8 Å². The molecule has 0 saturated carbocycles. The van der Waals surface area contributed by atoms with Crippen LogP contribution in [0, 0.1) is 11.3 Å². The van der Waals surface area contributed by atoms with Gasteiger partial charge in [-0.25, -0.2) is 18.7 Å². The minimum atomic E-state index is -3.05. The Bertz CT molecular complexity index is 1690. The molecule has 11 nitrogen and oxygen atoms in total. The second kappa shape index (κ2) is 11.5. The Labute approximate surface area is 260 Å². The van der Waals surface area contributed by atoms with Crippen molar-refractivity contribution in [2.75, 3.05) is 25.0 Å². The molecule has 15 heteroatoms. The van der Waals surface area contributed by atoms with Gasteiger partial charge in [0.25, 0.3) is 17.7 Å². The molecule has 1 aromatic heterocycles. The summed E-state index contributed by atoms with van der Waals surface area (Å²) in [6.45, 7) is -0.0539. The molecule has 2 aliphatic rings. The molecule has 0 bridgehead atoms. The number of carbonyl (C=O) groups is 4. The van der Waals surface area contributed by atoms with Crippen molar-refractivity contribution in [2.45, 2.75) is 37.3 Å². The number of fused-ring (bicyclic) bond motifs is 1. The first kappa shape index (κ1) is 30.9. The van der Waals surface area contributed by atoms with Crippen molar-refractivity contribution in [2.24, 2.45) is 0 Å². The summed E-state index contributed by atoms with van der Waals surface area (Å²) >= 11 is 12.5. The predicted octanol–water partition coefficient (Wildman–Crippen LogP) is 3.41. The molecule has 2 atom stereocenters. The summed E-state index contributed by atoms with van der Waals surface area (Å²) in [6.07, 6.45) is 0.778. The number of imidazole rings is 1. The van der Waals surface area contributed by atoms with Crippen molar-refractivity contribution in [3.8, 4) is 6.07 Å². The fraction of sp³-hybridized carbons (Fsp3) is 0.310. The van der Waals surface area contributed by atoms with Gasteiger partial charge in [0, 0.05) is 23.5 Å². The van der Waals surface area contributed by atoms with Crippen molar-refractivity contribution >= 4 is 58.5 Å². The smallest absolute Gasteiger partial charge is 0.282 e. The van der Waals surface area contributed by atoms with E-state index in [0.717, 1.165) is 4.90 Å². The number of benzene rings is 2. The summed E-state index contributed by atoms with van der Waals surface area (Å²) in [5.74, 6) is -5.77. The maximum Gasteiger partial charge on any atom is 0.282 e. The van der Waals surface area contributed by atoms with Crippen LogP contribution >= 0.6 is 23.2 Å². The Morgan fingerprint density at radius 2 is 1.75 bits per heavy atom. The Hall–Kier alpha value is -4.54. The zero-order valence-electron chi connectivity index (χ0n) is 23.4. The lowest BCUT2D eigenvalue weighted by Gasteiger charge is -2.40. The fourth-order valence-electron chi connectivity index (χ4n) is 5.33. The van der Waals surface area contributed by atoms with Gasteiger partial charge in [-0.1, -0.05) is 35.3 Å². The van der Waals surface area contributed by atoms with Crippen LogP contribution in [-0.4, -0.2) is 70.2 Å². The number of alkyl halides is 2. The number of nitriles is 1. The second-order valence-corrected chi connectivity index (χ2v) is 11.6. The normalized spacial score (nSPS) is 19.1. The van der Waals surface area contributed by atoms with Crippen LogP contribution in [-0.2, 0) is 26.3 Å². The highest BCUT2D eigenvalue weighted by Crippen LogP contribution is 2.43.